The maximum absolute atomic E-state index is 13.2. The number of amides is 1. The average Bonchev–Trinajstić information content (AvgIpc) is 3.44. The second kappa shape index (κ2) is 11.6. The Morgan fingerprint density at radius 2 is 1.48 bits per heavy atom. The van der Waals surface area contributed by atoms with E-state index in [-0.39, 0.29) is 23.3 Å². The molecule has 0 aromatic heterocycles. The van der Waals surface area contributed by atoms with Crippen LogP contribution in [0.1, 0.15) is 44.2 Å². The van der Waals surface area contributed by atoms with Crippen molar-refractivity contribution in [3.63, 3.8) is 0 Å². The van der Waals surface area contributed by atoms with Gasteiger partial charge in [0.05, 0.1) is 5.41 Å². The van der Waals surface area contributed by atoms with Gasteiger partial charge in [-0.3, -0.25) is 9.69 Å². The number of nitrogens with zero attached hydrogens (tertiary/aromatic N) is 1. The van der Waals surface area contributed by atoms with Gasteiger partial charge in [-0.25, -0.2) is 0 Å². The van der Waals surface area contributed by atoms with Crippen LogP contribution in [0.2, 0.25) is 0 Å². The van der Waals surface area contributed by atoms with Crippen molar-refractivity contribution in [2.45, 2.75) is 50.2 Å². The molecule has 0 unspecified atom stereocenters. The minimum absolute atomic E-state index is 0.0926. The molecule has 5 rings (SSSR count). The fraction of sp³-hybridized carbons (Fsp3) is 0.286. The molecular formula is C35H38N2O3. The molecule has 0 radical (unpaired) electrons. The van der Waals surface area contributed by atoms with Gasteiger partial charge >= 0.3 is 0 Å². The Morgan fingerprint density at radius 3 is 2.05 bits per heavy atom. The van der Waals surface area contributed by atoms with Crippen molar-refractivity contribution >= 4 is 5.91 Å². The van der Waals surface area contributed by atoms with E-state index in [2.05, 4.69) is 18.7 Å². The normalized spacial score (nSPS) is 16.1. The number of carbonyl (C=O) groups is 1. The molecule has 0 saturated carbocycles. The third kappa shape index (κ3) is 5.75. The van der Waals surface area contributed by atoms with E-state index in [0.717, 1.165) is 53.9 Å². The van der Waals surface area contributed by atoms with Crippen molar-refractivity contribution in [3.05, 3.63) is 120 Å². The number of benzene rings is 4. The van der Waals surface area contributed by atoms with Crippen molar-refractivity contribution in [2.24, 2.45) is 5.73 Å². The number of aromatic hydroxyl groups is 1. The van der Waals surface area contributed by atoms with Gasteiger partial charge in [-0.05, 0) is 79.6 Å². The number of rotatable bonds is 10. The number of phenols is 1. The minimum atomic E-state index is -0.896. The van der Waals surface area contributed by atoms with Crippen molar-refractivity contribution in [2.75, 3.05) is 13.1 Å². The third-order valence-electron chi connectivity index (χ3n) is 8.40. The van der Waals surface area contributed by atoms with E-state index in [4.69, 9.17) is 10.5 Å². The summed E-state index contributed by atoms with van der Waals surface area (Å²) in [5.41, 5.74) is 9.02. The molecule has 1 aliphatic rings. The Hall–Kier alpha value is -4.09. The lowest BCUT2D eigenvalue weighted by atomic mass is 9.69. The summed E-state index contributed by atoms with van der Waals surface area (Å²) in [4.78, 5) is 15.7. The molecule has 4 aromatic rings. The summed E-state index contributed by atoms with van der Waals surface area (Å²) < 4.78 is 6.37. The van der Waals surface area contributed by atoms with Crippen LogP contribution in [0.4, 0.5) is 0 Å². The van der Waals surface area contributed by atoms with Crippen LogP contribution in [0.25, 0.3) is 11.1 Å². The van der Waals surface area contributed by atoms with Crippen molar-refractivity contribution in [1.82, 2.24) is 4.90 Å². The summed E-state index contributed by atoms with van der Waals surface area (Å²) >= 11 is 0. The zero-order valence-electron chi connectivity index (χ0n) is 23.3. The SMILES string of the molecule is CC(C)(CCC(C(N)=O)(c1ccccc1)c1ccccc1)N1CC[C@H](Oc2ccc(-c3cccc(O)c3)cc2)C1. The summed E-state index contributed by atoms with van der Waals surface area (Å²) in [6.45, 7) is 6.25. The van der Waals surface area contributed by atoms with Crippen molar-refractivity contribution in [1.29, 1.82) is 0 Å². The Kier molecular flexibility index (Phi) is 7.95. The maximum atomic E-state index is 13.2. The highest BCUT2D eigenvalue weighted by Crippen LogP contribution is 2.40. The molecule has 0 aliphatic carbocycles. The van der Waals surface area contributed by atoms with E-state index >= 15 is 0 Å². The number of ether oxygens (including phenoxy) is 1. The summed E-state index contributed by atoms with van der Waals surface area (Å²) in [5.74, 6) is 0.777. The predicted octanol–water partition coefficient (Wildman–Crippen LogP) is 6.54. The quantitative estimate of drug-likeness (QED) is 0.242. The highest BCUT2D eigenvalue weighted by atomic mass is 16.5. The Balaban J connectivity index is 1.27. The zero-order chi connectivity index (χ0) is 28.2. The zero-order valence-corrected chi connectivity index (χ0v) is 23.3. The molecule has 0 spiro atoms. The van der Waals surface area contributed by atoms with Crippen molar-refractivity contribution < 1.29 is 14.6 Å². The molecule has 3 N–H and O–H groups in total. The second-order valence-electron chi connectivity index (χ2n) is 11.4. The van der Waals surface area contributed by atoms with Gasteiger partial charge in [0.1, 0.15) is 17.6 Å². The number of nitrogens with two attached hydrogens (primary N) is 1. The van der Waals surface area contributed by atoms with Gasteiger partial charge in [0.15, 0.2) is 0 Å². The molecule has 1 atom stereocenters. The molecule has 5 heteroatoms. The van der Waals surface area contributed by atoms with Crippen LogP contribution in [0.5, 0.6) is 11.5 Å². The largest absolute Gasteiger partial charge is 0.508 e. The first-order valence-corrected chi connectivity index (χ1v) is 14.0. The number of hydrogen-bond donors (Lipinski definition) is 2. The highest BCUT2D eigenvalue weighted by Gasteiger charge is 2.43. The fourth-order valence-corrected chi connectivity index (χ4v) is 5.94. The van der Waals surface area contributed by atoms with E-state index in [1.165, 1.54) is 0 Å². The Bertz CT molecular complexity index is 1380. The molecule has 1 aliphatic heterocycles. The second-order valence-corrected chi connectivity index (χ2v) is 11.4. The van der Waals surface area contributed by atoms with E-state index < -0.39 is 5.41 Å². The van der Waals surface area contributed by atoms with Crippen LogP contribution < -0.4 is 10.5 Å². The molecule has 1 amide bonds. The first-order chi connectivity index (χ1) is 19.3. The van der Waals surface area contributed by atoms with Gasteiger partial charge in [-0.1, -0.05) is 84.9 Å². The van der Waals surface area contributed by atoms with E-state index in [1.807, 2.05) is 97.1 Å². The molecule has 4 aromatic carbocycles. The number of likely N-dealkylation sites (tertiary alicyclic amines) is 1. The van der Waals surface area contributed by atoms with Gasteiger partial charge in [0.2, 0.25) is 5.91 Å². The first-order valence-electron chi connectivity index (χ1n) is 14.0. The Morgan fingerprint density at radius 1 is 0.850 bits per heavy atom. The minimum Gasteiger partial charge on any atom is -0.508 e. The summed E-state index contributed by atoms with van der Waals surface area (Å²) in [7, 11) is 0. The van der Waals surface area contributed by atoms with Gasteiger partial charge in [0, 0.05) is 18.6 Å². The first kappa shape index (κ1) is 27.5. The van der Waals surface area contributed by atoms with Crippen LogP contribution in [0.3, 0.4) is 0 Å². The van der Waals surface area contributed by atoms with Crippen LogP contribution in [0.15, 0.2) is 109 Å². The summed E-state index contributed by atoms with van der Waals surface area (Å²) in [6, 6.07) is 35.2. The fourth-order valence-electron chi connectivity index (χ4n) is 5.94. The van der Waals surface area contributed by atoms with E-state index in [9.17, 15) is 9.90 Å². The van der Waals surface area contributed by atoms with Crippen LogP contribution >= 0.6 is 0 Å². The summed E-state index contributed by atoms with van der Waals surface area (Å²) in [6.07, 6.45) is 2.44. The molecule has 1 saturated heterocycles. The topological polar surface area (TPSA) is 75.8 Å². The lowest BCUT2D eigenvalue weighted by Gasteiger charge is -2.40. The molecule has 206 valence electrons. The van der Waals surface area contributed by atoms with Gasteiger partial charge in [-0.15, -0.1) is 0 Å². The molecule has 5 nitrogen and oxygen atoms in total. The predicted molar refractivity (Wildman–Crippen MR) is 160 cm³/mol. The van der Waals surface area contributed by atoms with Crippen LogP contribution in [-0.4, -0.2) is 40.6 Å². The highest BCUT2D eigenvalue weighted by molar-refractivity contribution is 5.90. The number of carbonyl (C=O) groups excluding carboxylic acids is 1. The maximum Gasteiger partial charge on any atom is 0.232 e. The van der Waals surface area contributed by atoms with E-state index in [1.54, 1.807) is 12.1 Å². The molecule has 0 bridgehead atoms. The standard InChI is InChI=1S/C35H38N2O3/c1-34(2,21-22-35(33(36)39,28-11-5-3-6-12-28)29-13-7-4-8-14-29)37-23-20-32(25-37)40-31-18-16-26(17-19-31)27-10-9-15-30(38)24-27/h3-19,24,32,38H,20-23,25H2,1-2H3,(H2,36,39)/t32-/m0/s1. The molecular weight excluding hydrogens is 496 g/mol. The molecule has 1 fully saturated rings. The van der Waals surface area contributed by atoms with Gasteiger partial charge < -0.3 is 15.6 Å². The molecule has 1 heterocycles. The monoisotopic (exact) mass is 534 g/mol. The molecule has 40 heavy (non-hydrogen) atoms. The third-order valence-corrected chi connectivity index (χ3v) is 8.40. The lowest BCUT2D eigenvalue weighted by molar-refractivity contribution is -0.122. The number of hydrogen-bond acceptors (Lipinski definition) is 4. The van der Waals surface area contributed by atoms with Crippen molar-refractivity contribution in [3.8, 4) is 22.6 Å². The number of primary amides is 1. The van der Waals surface area contributed by atoms with Gasteiger partial charge in [-0.2, -0.15) is 0 Å². The summed E-state index contributed by atoms with van der Waals surface area (Å²) in [5, 5.41) is 9.78. The lowest BCUT2D eigenvalue weighted by Crippen LogP contribution is -2.47. The smallest absolute Gasteiger partial charge is 0.232 e. The van der Waals surface area contributed by atoms with Crippen LogP contribution in [0, 0.1) is 0 Å². The number of phenolic OH excluding ortho intramolecular Hbond substituents is 1. The van der Waals surface area contributed by atoms with Crippen LogP contribution in [-0.2, 0) is 10.2 Å². The Labute approximate surface area is 237 Å². The van der Waals surface area contributed by atoms with Gasteiger partial charge in [0.25, 0.3) is 0 Å². The average molecular weight is 535 g/mol. The van der Waals surface area contributed by atoms with E-state index in [0.29, 0.717) is 6.42 Å².